The van der Waals surface area contributed by atoms with E-state index in [-0.39, 0.29) is 22.8 Å². The Morgan fingerprint density at radius 1 is 1.35 bits per heavy atom. The Bertz CT molecular complexity index is 512. The Balaban J connectivity index is 2.15. The van der Waals surface area contributed by atoms with Crippen LogP contribution < -0.4 is 5.32 Å². The topological polar surface area (TPSA) is 79.5 Å². The minimum atomic E-state index is -1.06. The van der Waals surface area contributed by atoms with E-state index < -0.39 is 5.97 Å². The van der Waals surface area contributed by atoms with Crippen LogP contribution in [0.15, 0.2) is 10.5 Å². The second-order valence-electron chi connectivity index (χ2n) is 5.68. The largest absolute Gasteiger partial charge is 0.478 e. The third-order valence-corrected chi connectivity index (χ3v) is 3.96. The highest BCUT2D eigenvalue weighted by Crippen LogP contribution is 2.28. The lowest BCUT2D eigenvalue weighted by molar-refractivity contribution is 0.0693. The summed E-state index contributed by atoms with van der Waals surface area (Å²) < 4.78 is 5.38. The molecule has 2 rings (SSSR count). The maximum absolute atomic E-state index is 12.2. The molecule has 5 heteroatoms. The van der Waals surface area contributed by atoms with Crippen molar-refractivity contribution >= 4 is 11.9 Å². The van der Waals surface area contributed by atoms with Crippen LogP contribution in [0.5, 0.6) is 0 Å². The highest BCUT2D eigenvalue weighted by atomic mass is 16.4. The number of aromatic carboxylic acids is 1. The Morgan fingerprint density at radius 2 is 2.00 bits per heavy atom. The van der Waals surface area contributed by atoms with Crippen molar-refractivity contribution in [2.45, 2.75) is 57.9 Å². The van der Waals surface area contributed by atoms with E-state index in [2.05, 4.69) is 5.32 Å². The van der Waals surface area contributed by atoms with Crippen molar-refractivity contribution < 1.29 is 19.1 Å². The fraction of sp³-hybridized carbons (Fsp3) is 0.600. The summed E-state index contributed by atoms with van der Waals surface area (Å²) in [6.45, 7) is 3.83. The van der Waals surface area contributed by atoms with Gasteiger partial charge in [-0.1, -0.05) is 26.2 Å². The van der Waals surface area contributed by atoms with Crippen LogP contribution >= 0.6 is 0 Å². The molecule has 0 aliphatic heterocycles. The minimum Gasteiger partial charge on any atom is -0.478 e. The number of hydrogen-bond acceptors (Lipinski definition) is 3. The number of aryl methyl sites for hydroxylation is 1. The summed E-state index contributed by atoms with van der Waals surface area (Å²) in [6.07, 6.45) is 5.77. The highest BCUT2D eigenvalue weighted by Gasteiger charge is 2.30. The molecule has 0 radical (unpaired) electrons. The quantitative estimate of drug-likeness (QED) is 0.888. The van der Waals surface area contributed by atoms with Gasteiger partial charge in [-0.05, 0) is 19.8 Å². The molecule has 0 saturated heterocycles. The molecule has 0 bridgehead atoms. The number of carboxylic acid groups (broad SMARTS) is 1. The molecule has 1 aromatic rings. The number of hydrogen-bond donors (Lipinski definition) is 2. The molecule has 110 valence electrons. The monoisotopic (exact) mass is 279 g/mol. The molecule has 1 aliphatic rings. The van der Waals surface area contributed by atoms with E-state index in [1.807, 2.05) is 6.92 Å². The van der Waals surface area contributed by atoms with Gasteiger partial charge in [0.15, 0.2) is 5.76 Å². The Morgan fingerprint density at radius 3 is 2.50 bits per heavy atom. The van der Waals surface area contributed by atoms with Crippen LogP contribution in [0.25, 0.3) is 0 Å². The van der Waals surface area contributed by atoms with Crippen LogP contribution in [0.2, 0.25) is 0 Å². The highest BCUT2D eigenvalue weighted by molar-refractivity contribution is 5.96. The van der Waals surface area contributed by atoms with Crippen molar-refractivity contribution in [3.63, 3.8) is 0 Å². The van der Waals surface area contributed by atoms with E-state index in [0.29, 0.717) is 12.2 Å². The van der Waals surface area contributed by atoms with Crippen LogP contribution in [0.4, 0.5) is 0 Å². The maximum atomic E-state index is 12.2. The number of carbonyl (C=O) groups is 2. The number of nitrogens with one attached hydrogen (secondary N) is 1. The molecule has 1 heterocycles. The van der Waals surface area contributed by atoms with Gasteiger partial charge in [-0.2, -0.15) is 0 Å². The smallest absolute Gasteiger partial charge is 0.339 e. The third-order valence-electron chi connectivity index (χ3n) is 3.96. The predicted molar refractivity (Wildman–Crippen MR) is 74.0 cm³/mol. The molecule has 1 amide bonds. The summed E-state index contributed by atoms with van der Waals surface area (Å²) in [6, 6.07) is 1.32. The molecule has 1 aromatic heterocycles. The molecule has 1 fully saturated rings. The summed E-state index contributed by atoms with van der Waals surface area (Å²) in [5.41, 5.74) is -0.135. The van der Waals surface area contributed by atoms with Crippen molar-refractivity contribution in [2.24, 2.45) is 0 Å². The lowest BCUT2D eigenvalue weighted by Gasteiger charge is -2.34. The van der Waals surface area contributed by atoms with Gasteiger partial charge in [0.2, 0.25) is 0 Å². The van der Waals surface area contributed by atoms with Gasteiger partial charge in [0.05, 0.1) is 0 Å². The first-order valence-electron chi connectivity index (χ1n) is 7.14. The molecule has 20 heavy (non-hydrogen) atoms. The lowest BCUT2D eigenvalue weighted by atomic mass is 9.83. The van der Waals surface area contributed by atoms with Gasteiger partial charge in [0.1, 0.15) is 11.3 Å². The van der Waals surface area contributed by atoms with E-state index >= 15 is 0 Å². The molecular weight excluding hydrogens is 258 g/mol. The maximum Gasteiger partial charge on any atom is 0.339 e. The summed E-state index contributed by atoms with van der Waals surface area (Å²) in [5, 5.41) is 12.1. The SMILES string of the molecule is CCc1oc(C(=O)NC2(C)CCCCC2)cc1C(=O)O. The van der Waals surface area contributed by atoms with Crippen molar-refractivity contribution in [1.29, 1.82) is 0 Å². The van der Waals surface area contributed by atoms with Gasteiger partial charge in [0, 0.05) is 18.0 Å². The molecular formula is C15H21NO4. The second-order valence-corrected chi connectivity index (χ2v) is 5.68. The predicted octanol–water partition coefficient (Wildman–Crippen LogP) is 2.99. The Kier molecular flexibility index (Phi) is 4.16. The number of rotatable bonds is 4. The second kappa shape index (κ2) is 5.69. The van der Waals surface area contributed by atoms with Crippen molar-refractivity contribution in [3.05, 3.63) is 23.2 Å². The molecule has 1 saturated carbocycles. The molecule has 0 aromatic carbocycles. The van der Waals surface area contributed by atoms with Gasteiger partial charge in [0.25, 0.3) is 5.91 Å². The third kappa shape index (κ3) is 3.03. The average molecular weight is 279 g/mol. The number of amides is 1. The first-order valence-corrected chi connectivity index (χ1v) is 7.14. The van der Waals surface area contributed by atoms with Crippen molar-refractivity contribution in [1.82, 2.24) is 5.32 Å². The number of carbonyl (C=O) groups excluding carboxylic acids is 1. The van der Waals surface area contributed by atoms with Crippen LogP contribution in [-0.4, -0.2) is 22.5 Å². The minimum absolute atomic E-state index is 0.0754. The normalized spacial score (nSPS) is 17.7. The lowest BCUT2D eigenvalue weighted by Crippen LogP contribution is -2.47. The van der Waals surface area contributed by atoms with Gasteiger partial charge in [-0.25, -0.2) is 4.79 Å². The van der Waals surface area contributed by atoms with Gasteiger partial charge >= 0.3 is 5.97 Å². The summed E-state index contributed by atoms with van der Waals surface area (Å²) in [4.78, 5) is 23.3. The number of furan rings is 1. The molecule has 0 spiro atoms. The first-order chi connectivity index (χ1) is 9.45. The van der Waals surface area contributed by atoms with Gasteiger partial charge < -0.3 is 14.8 Å². The Labute approximate surface area is 118 Å². The van der Waals surface area contributed by atoms with Crippen LogP contribution in [0.1, 0.15) is 72.6 Å². The zero-order valence-electron chi connectivity index (χ0n) is 12.0. The fourth-order valence-corrected chi connectivity index (χ4v) is 2.78. The van der Waals surface area contributed by atoms with Crippen LogP contribution in [-0.2, 0) is 6.42 Å². The van der Waals surface area contributed by atoms with E-state index in [0.717, 1.165) is 25.7 Å². The summed E-state index contributed by atoms with van der Waals surface area (Å²) in [5.74, 6) is -0.951. The van der Waals surface area contributed by atoms with Crippen molar-refractivity contribution in [3.8, 4) is 0 Å². The standard InChI is InChI=1S/C15H21NO4/c1-3-11-10(14(18)19)9-12(20-11)13(17)16-15(2)7-5-4-6-8-15/h9H,3-8H2,1-2H3,(H,16,17)(H,18,19). The molecule has 2 N–H and O–H groups in total. The van der Waals surface area contributed by atoms with Crippen LogP contribution in [0.3, 0.4) is 0 Å². The van der Waals surface area contributed by atoms with Crippen LogP contribution in [0, 0.1) is 0 Å². The van der Waals surface area contributed by atoms with E-state index in [9.17, 15) is 9.59 Å². The fourth-order valence-electron chi connectivity index (χ4n) is 2.78. The van der Waals surface area contributed by atoms with E-state index in [1.165, 1.54) is 12.5 Å². The molecule has 1 aliphatic carbocycles. The van der Waals surface area contributed by atoms with E-state index in [4.69, 9.17) is 9.52 Å². The summed E-state index contributed by atoms with van der Waals surface area (Å²) in [7, 11) is 0. The average Bonchev–Trinajstić information content (AvgIpc) is 2.83. The van der Waals surface area contributed by atoms with E-state index in [1.54, 1.807) is 6.92 Å². The van der Waals surface area contributed by atoms with Crippen molar-refractivity contribution in [2.75, 3.05) is 0 Å². The zero-order valence-corrected chi connectivity index (χ0v) is 12.0. The summed E-state index contributed by atoms with van der Waals surface area (Å²) >= 11 is 0. The molecule has 0 atom stereocenters. The Hall–Kier alpha value is -1.78. The molecule has 0 unspecified atom stereocenters. The first kappa shape index (κ1) is 14.6. The number of carboxylic acids is 1. The van der Waals surface area contributed by atoms with Gasteiger partial charge in [-0.3, -0.25) is 4.79 Å². The zero-order chi connectivity index (χ0) is 14.8. The molecule has 5 nitrogen and oxygen atoms in total. The van der Waals surface area contributed by atoms with Gasteiger partial charge in [-0.15, -0.1) is 0 Å².